The Balaban J connectivity index is 1.24. The van der Waals surface area contributed by atoms with Gasteiger partial charge >= 0.3 is 5.97 Å². The summed E-state index contributed by atoms with van der Waals surface area (Å²) in [6, 6.07) is 32.5. The monoisotopic (exact) mass is 634 g/mol. The van der Waals surface area contributed by atoms with Gasteiger partial charge in [-0.3, -0.25) is 9.59 Å². The summed E-state index contributed by atoms with van der Waals surface area (Å²) in [7, 11) is 0. The molecule has 246 valence electrons. The van der Waals surface area contributed by atoms with E-state index >= 15 is 0 Å². The molecule has 0 fully saturated rings. The maximum Gasteiger partial charge on any atom is 0.326 e. The van der Waals surface area contributed by atoms with Crippen molar-refractivity contribution in [1.82, 2.24) is 5.32 Å². The minimum absolute atomic E-state index is 0.0373. The van der Waals surface area contributed by atoms with Crippen LogP contribution in [0, 0.1) is 5.92 Å². The third-order valence-electron chi connectivity index (χ3n) is 8.19. The number of unbranched alkanes of at least 4 members (excludes halogenated alkanes) is 3. The highest BCUT2D eigenvalue weighted by molar-refractivity contribution is 6.12. The van der Waals surface area contributed by atoms with Gasteiger partial charge in [-0.25, -0.2) is 4.79 Å². The number of aliphatic carboxylic acids is 1. The van der Waals surface area contributed by atoms with Crippen molar-refractivity contribution in [2.45, 2.75) is 64.3 Å². The SMILES string of the molecule is CCCCCCC(Cc1ccccc1)C(=O)NCCCOc1ccc(CC(Nc2ccccc2C(=O)c2ccccc2)C(=O)O)cc1. The first-order valence-electron chi connectivity index (χ1n) is 16.7. The van der Waals surface area contributed by atoms with Crippen LogP contribution in [-0.4, -0.2) is 42.0 Å². The van der Waals surface area contributed by atoms with Crippen LogP contribution in [0.5, 0.6) is 5.75 Å². The van der Waals surface area contributed by atoms with Gasteiger partial charge in [0.25, 0.3) is 0 Å². The second-order valence-corrected chi connectivity index (χ2v) is 11.9. The fraction of sp³-hybridized carbons (Fsp3) is 0.325. The van der Waals surface area contributed by atoms with Crippen LogP contribution in [0.1, 0.15) is 72.5 Å². The molecule has 7 heteroatoms. The molecule has 0 heterocycles. The molecule has 4 aromatic rings. The smallest absolute Gasteiger partial charge is 0.326 e. The molecule has 1 amide bonds. The maximum absolute atomic E-state index is 13.1. The van der Waals surface area contributed by atoms with Gasteiger partial charge in [-0.2, -0.15) is 0 Å². The molecule has 0 aromatic heterocycles. The van der Waals surface area contributed by atoms with E-state index in [2.05, 4.69) is 29.7 Å². The molecule has 4 aromatic carbocycles. The number of hydrogen-bond acceptors (Lipinski definition) is 5. The number of hydrogen-bond donors (Lipinski definition) is 3. The van der Waals surface area contributed by atoms with E-state index in [4.69, 9.17) is 4.74 Å². The molecule has 0 spiro atoms. The molecule has 0 saturated heterocycles. The Morgan fingerprint density at radius 3 is 2.09 bits per heavy atom. The lowest BCUT2D eigenvalue weighted by molar-refractivity contribution is -0.137. The van der Waals surface area contributed by atoms with Gasteiger partial charge in [-0.05, 0) is 54.7 Å². The minimum Gasteiger partial charge on any atom is -0.494 e. The molecule has 3 N–H and O–H groups in total. The fourth-order valence-electron chi connectivity index (χ4n) is 5.56. The van der Waals surface area contributed by atoms with Crippen LogP contribution in [0.3, 0.4) is 0 Å². The summed E-state index contributed by atoms with van der Waals surface area (Å²) in [5.74, 6) is -0.445. The Morgan fingerprint density at radius 2 is 1.38 bits per heavy atom. The molecule has 0 radical (unpaired) electrons. The van der Waals surface area contributed by atoms with Crippen molar-refractivity contribution in [3.63, 3.8) is 0 Å². The summed E-state index contributed by atoms with van der Waals surface area (Å²) < 4.78 is 5.90. The highest BCUT2D eigenvalue weighted by Gasteiger charge is 2.22. The highest BCUT2D eigenvalue weighted by atomic mass is 16.5. The molecule has 0 saturated carbocycles. The number of carbonyl (C=O) groups excluding carboxylic acids is 2. The predicted molar refractivity (Wildman–Crippen MR) is 187 cm³/mol. The zero-order valence-electron chi connectivity index (χ0n) is 27.2. The molecular formula is C40H46N2O5. The van der Waals surface area contributed by atoms with Gasteiger partial charge in [0.15, 0.2) is 5.78 Å². The number of carbonyl (C=O) groups is 3. The van der Waals surface area contributed by atoms with Crippen LogP contribution in [0.25, 0.3) is 0 Å². The number of carboxylic acids is 1. The first-order chi connectivity index (χ1) is 22.9. The molecular weight excluding hydrogens is 588 g/mol. The predicted octanol–water partition coefficient (Wildman–Crippen LogP) is 7.74. The van der Waals surface area contributed by atoms with Crippen molar-refractivity contribution in [2.24, 2.45) is 5.92 Å². The number of benzene rings is 4. The Morgan fingerprint density at radius 1 is 0.723 bits per heavy atom. The van der Waals surface area contributed by atoms with Crippen molar-refractivity contribution >= 4 is 23.3 Å². The molecule has 7 nitrogen and oxygen atoms in total. The van der Waals surface area contributed by atoms with Crippen LogP contribution in [0.15, 0.2) is 109 Å². The van der Waals surface area contributed by atoms with Gasteiger partial charge in [0.05, 0.1) is 6.61 Å². The minimum atomic E-state index is -1.01. The van der Waals surface area contributed by atoms with Crippen LogP contribution in [0.4, 0.5) is 5.69 Å². The lowest BCUT2D eigenvalue weighted by atomic mass is 9.92. The average molecular weight is 635 g/mol. The number of anilines is 1. The lowest BCUT2D eigenvalue weighted by Gasteiger charge is -2.18. The van der Waals surface area contributed by atoms with Crippen LogP contribution < -0.4 is 15.4 Å². The van der Waals surface area contributed by atoms with Crippen LogP contribution in [-0.2, 0) is 22.4 Å². The van der Waals surface area contributed by atoms with E-state index in [1.54, 1.807) is 48.5 Å². The molecule has 47 heavy (non-hydrogen) atoms. The first-order valence-corrected chi connectivity index (χ1v) is 16.7. The summed E-state index contributed by atoms with van der Waals surface area (Å²) >= 11 is 0. The molecule has 0 aliphatic heterocycles. The number of ketones is 1. The van der Waals surface area contributed by atoms with Crippen molar-refractivity contribution in [3.05, 3.63) is 131 Å². The second-order valence-electron chi connectivity index (χ2n) is 11.9. The molecule has 0 bridgehead atoms. The first kappa shape index (κ1) is 35.0. The summed E-state index contributed by atoms with van der Waals surface area (Å²) in [6.45, 7) is 3.18. The molecule has 2 atom stereocenters. The zero-order valence-corrected chi connectivity index (χ0v) is 27.2. The molecule has 0 aliphatic rings. The van der Waals surface area contributed by atoms with E-state index in [-0.39, 0.29) is 24.0 Å². The van der Waals surface area contributed by atoms with Gasteiger partial charge in [0, 0.05) is 35.7 Å². The van der Waals surface area contributed by atoms with Crippen molar-refractivity contribution in [2.75, 3.05) is 18.5 Å². The van der Waals surface area contributed by atoms with Gasteiger partial charge in [-0.15, -0.1) is 0 Å². The quantitative estimate of drug-likeness (QED) is 0.0679. The normalized spacial score (nSPS) is 12.1. The topological polar surface area (TPSA) is 105 Å². The Labute approximate surface area is 278 Å². The van der Waals surface area contributed by atoms with Crippen molar-refractivity contribution in [3.8, 4) is 5.75 Å². The van der Waals surface area contributed by atoms with E-state index in [0.29, 0.717) is 42.1 Å². The van der Waals surface area contributed by atoms with E-state index in [1.165, 1.54) is 18.4 Å². The number of amides is 1. The second kappa shape index (κ2) is 18.9. The highest BCUT2D eigenvalue weighted by Crippen LogP contribution is 2.22. The van der Waals surface area contributed by atoms with Crippen molar-refractivity contribution in [1.29, 1.82) is 0 Å². The molecule has 2 unspecified atom stereocenters. The Hall–Kier alpha value is -4.91. The van der Waals surface area contributed by atoms with Gasteiger partial charge in [0.1, 0.15) is 11.8 Å². The summed E-state index contributed by atoms with van der Waals surface area (Å²) in [4.78, 5) is 38.3. The van der Waals surface area contributed by atoms with Crippen LogP contribution >= 0.6 is 0 Å². The van der Waals surface area contributed by atoms with E-state index < -0.39 is 12.0 Å². The standard InChI is InChI=1S/C40H46N2O5/c1-2-3-4-9-19-33(28-30-15-7-5-8-16-30)39(44)41-26-14-27-47-34-24-22-31(23-25-34)29-37(40(45)46)42-36-21-13-12-20-35(36)38(43)32-17-10-6-11-18-32/h5-8,10-13,15-18,20-25,33,37,42H,2-4,9,14,19,26-29H2,1H3,(H,41,44)(H,45,46). The van der Waals surface area contributed by atoms with Crippen molar-refractivity contribution < 1.29 is 24.2 Å². The van der Waals surface area contributed by atoms with Gasteiger partial charge in [-0.1, -0.05) is 118 Å². The van der Waals surface area contributed by atoms with E-state index in [1.807, 2.05) is 48.5 Å². The fourth-order valence-corrected chi connectivity index (χ4v) is 5.56. The summed E-state index contributed by atoms with van der Waals surface area (Å²) in [5.41, 5.74) is 3.44. The number of rotatable bonds is 20. The van der Waals surface area contributed by atoms with E-state index in [9.17, 15) is 19.5 Å². The number of para-hydroxylation sites is 1. The summed E-state index contributed by atoms with van der Waals surface area (Å²) in [6.07, 6.45) is 7.11. The summed E-state index contributed by atoms with van der Waals surface area (Å²) in [5, 5.41) is 16.2. The number of carboxylic acid groups (broad SMARTS) is 1. The molecule has 0 aliphatic carbocycles. The lowest BCUT2D eigenvalue weighted by Crippen LogP contribution is -2.33. The Kier molecular flexibility index (Phi) is 14.1. The molecule has 4 rings (SSSR count). The van der Waals surface area contributed by atoms with Gasteiger partial charge < -0.3 is 20.5 Å². The third kappa shape index (κ3) is 11.4. The number of ether oxygens (including phenoxy) is 1. The Bertz CT molecular complexity index is 1540. The maximum atomic E-state index is 13.1. The number of nitrogens with one attached hydrogen (secondary N) is 2. The zero-order chi connectivity index (χ0) is 33.3. The van der Waals surface area contributed by atoms with E-state index in [0.717, 1.165) is 31.2 Å². The average Bonchev–Trinajstić information content (AvgIpc) is 3.10. The third-order valence-corrected chi connectivity index (χ3v) is 8.19. The van der Waals surface area contributed by atoms with Gasteiger partial charge in [0.2, 0.25) is 5.91 Å². The van der Waals surface area contributed by atoms with Crippen LogP contribution in [0.2, 0.25) is 0 Å². The largest absolute Gasteiger partial charge is 0.494 e.